The number of nitrogens with one attached hydrogen (secondary N) is 4. The summed E-state index contributed by atoms with van der Waals surface area (Å²) in [5, 5.41) is 39.8. The molecule has 0 aliphatic carbocycles. The van der Waals surface area contributed by atoms with E-state index in [0.717, 1.165) is 25.7 Å². The number of nitrogens with zero attached hydrogens (tertiary/aromatic N) is 3. The summed E-state index contributed by atoms with van der Waals surface area (Å²) in [5.74, 6) is -4.37. The van der Waals surface area contributed by atoms with Crippen LogP contribution in [-0.2, 0) is 52.5 Å². The summed E-state index contributed by atoms with van der Waals surface area (Å²) in [6, 6.07) is 0. The second-order valence-corrected chi connectivity index (χ2v) is 22.1. The number of ether oxygens (including phenoxy) is 4. The van der Waals surface area contributed by atoms with Gasteiger partial charge in [-0.25, -0.2) is 0 Å². The number of aliphatic carboxylic acids is 3. The van der Waals surface area contributed by atoms with E-state index in [-0.39, 0.29) is 90.6 Å². The monoisotopic (exact) mass is 1190 g/mol. The van der Waals surface area contributed by atoms with Crippen LogP contribution in [-0.4, -0.2) is 209 Å². The van der Waals surface area contributed by atoms with Crippen LogP contribution in [0.2, 0.25) is 0 Å². The SMILES string of the molecule is CCCCCCCCCCCCCCCCCC(=O)NCCOCCOCCNC(=O)CN(CCN(CCN(CC(=O)O)CC(=O)NCCOCCOCCNC(=O)CCCCCCCCCCCCCCCCC)CC(=O)O)CC(=O)O. The normalized spacial score (nSPS) is 11.4. The van der Waals surface area contributed by atoms with Crippen molar-refractivity contribution in [1.29, 1.82) is 0 Å². The molecule has 0 saturated carbocycles. The second kappa shape index (κ2) is 61.1. The number of amides is 4. The standard InChI is InChI=1S/C62H119N7O14/c1-3-5-7-9-11-13-15-17-19-21-23-25-27-29-31-33-56(70)63-35-43-80-47-49-82-45-37-65-58(72)51-68(54-61(76)77)41-39-67(53-60(74)75)40-42-69(55-62(78)79)52-59(73)66-38-46-83-50-48-81-44-36-64-57(71)34-32-30-28-26-24-22-20-18-16-14-12-10-8-6-4-2/h3-55H2,1-2H3,(H,63,70)(H,64,71)(H,65,72)(H,66,73)(H,74,75)(H,76,77)(H,78,79). The number of hydrogen-bond acceptors (Lipinski definition) is 14. The van der Waals surface area contributed by atoms with E-state index >= 15 is 0 Å². The summed E-state index contributed by atoms with van der Waals surface area (Å²) in [7, 11) is 0. The molecule has 83 heavy (non-hydrogen) atoms. The van der Waals surface area contributed by atoms with Gasteiger partial charge in [0.1, 0.15) is 0 Å². The van der Waals surface area contributed by atoms with E-state index in [1.807, 2.05) is 0 Å². The average Bonchev–Trinajstić information content (AvgIpc) is 3.44. The Bertz CT molecular complexity index is 1480. The quantitative estimate of drug-likeness (QED) is 0.0283. The van der Waals surface area contributed by atoms with Crippen molar-refractivity contribution in [2.75, 3.05) is 138 Å². The van der Waals surface area contributed by atoms with E-state index in [9.17, 15) is 48.9 Å². The Morgan fingerprint density at radius 1 is 0.277 bits per heavy atom. The van der Waals surface area contributed by atoms with E-state index in [1.54, 1.807) is 0 Å². The van der Waals surface area contributed by atoms with Crippen LogP contribution in [0.1, 0.15) is 219 Å². The summed E-state index contributed by atoms with van der Waals surface area (Å²) in [5.41, 5.74) is 0. The Kier molecular flexibility index (Phi) is 58.2. The van der Waals surface area contributed by atoms with Crippen LogP contribution in [0, 0.1) is 0 Å². The van der Waals surface area contributed by atoms with Gasteiger partial charge in [-0.05, 0) is 12.8 Å². The highest BCUT2D eigenvalue weighted by Crippen LogP contribution is 2.15. The van der Waals surface area contributed by atoms with Gasteiger partial charge in [-0.15, -0.1) is 0 Å². The molecule has 0 aliphatic rings. The van der Waals surface area contributed by atoms with E-state index in [4.69, 9.17) is 18.9 Å². The van der Waals surface area contributed by atoms with Gasteiger partial charge in [0, 0.05) is 65.2 Å². The zero-order chi connectivity index (χ0) is 60.9. The van der Waals surface area contributed by atoms with Crippen LogP contribution in [0.15, 0.2) is 0 Å². The molecule has 0 aromatic rings. The average molecular weight is 1190 g/mol. The highest BCUT2D eigenvalue weighted by Gasteiger charge is 2.20. The zero-order valence-electron chi connectivity index (χ0n) is 52.2. The third kappa shape index (κ3) is 60.9. The predicted octanol–water partition coefficient (Wildman–Crippen LogP) is 8.20. The maximum absolute atomic E-state index is 12.7. The molecule has 0 rings (SSSR count). The Balaban J connectivity index is 4.18. The number of carbonyl (C=O) groups excluding carboxylic acids is 4. The first kappa shape index (κ1) is 79.0. The lowest BCUT2D eigenvalue weighted by molar-refractivity contribution is -0.141. The molecular weight excluding hydrogens is 1070 g/mol. The molecule has 0 fully saturated rings. The van der Waals surface area contributed by atoms with Crippen molar-refractivity contribution in [2.45, 2.75) is 219 Å². The van der Waals surface area contributed by atoms with Crippen molar-refractivity contribution in [1.82, 2.24) is 36.0 Å². The highest BCUT2D eigenvalue weighted by molar-refractivity contribution is 5.79. The molecule has 0 radical (unpaired) electrons. The fourth-order valence-electron chi connectivity index (χ4n) is 9.54. The number of hydrogen-bond donors (Lipinski definition) is 7. The lowest BCUT2D eigenvalue weighted by atomic mass is 10.0. The molecule has 0 aromatic carbocycles. The maximum Gasteiger partial charge on any atom is 0.317 e. The van der Waals surface area contributed by atoms with Crippen molar-refractivity contribution in [3.8, 4) is 0 Å². The third-order valence-corrected chi connectivity index (χ3v) is 14.3. The van der Waals surface area contributed by atoms with Crippen LogP contribution in [0.5, 0.6) is 0 Å². The van der Waals surface area contributed by atoms with Gasteiger partial charge in [0.15, 0.2) is 0 Å². The third-order valence-electron chi connectivity index (χ3n) is 14.3. The molecular formula is C62H119N7O14. The lowest BCUT2D eigenvalue weighted by Crippen LogP contribution is -2.47. The molecule has 0 spiro atoms. The van der Waals surface area contributed by atoms with Gasteiger partial charge in [0.25, 0.3) is 0 Å². The van der Waals surface area contributed by atoms with Crippen LogP contribution >= 0.6 is 0 Å². The Labute approximate surface area is 500 Å². The van der Waals surface area contributed by atoms with E-state index in [2.05, 4.69) is 35.1 Å². The molecule has 0 unspecified atom stereocenters. The van der Waals surface area contributed by atoms with E-state index in [0.29, 0.717) is 52.4 Å². The fraction of sp³-hybridized carbons (Fsp3) is 0.887. The van der Waals surface area contributed by atoms with E-state index < -0.39 is 49.4 Å². The number of rotatable bonds is 66. The lowest BCUT2D eigenvalue weighted by Gasteiger charge is -2.28. The molecule has 21 heteroatoms. The molecule has 7 N–H and O–H groups in total. The van der Waals surface area contributed by atoms with Gasteiger partial charge in [0.2, 0.25) is 23.6 Å². The molecule has 0 atom stereocenters. The first-order chi connectivity index (χ1) is 40.4. The van der Waals surface area contributed by atoms with Crippen molar-refractivity contribution in [3.05, 3.63) is 0 Å². The van der Waals surface area contributed by atoms with Gasteiger partial charge >= 0.3 is 17.9 Å². The van der Waals surface area contributed by atoms with Gasteiger partial charge in [-0.2, -0.15) is 0 Å². The van der Waals surface area contributed by atoms with E-state index in [1.165, 1.54) is 182 Å². The number of carbonyl (C=O) groups is 7. The Hall–Kier alpha value is -3.99. The minimum atomic E-state index is -1.18. The number of carboxylic acids is 3. The van der Waals surface area contributed by atoms with Gasteiger partial charge in [0.05, 0.1) is 85.6 Å². The minimum absolute atomic E-state index is 0.0153. The predicted molar refractivity (Wildman–Crippen MR) is 327 cm³/mol. The maximum atomic E-state index is 12.7. The number of carboxylic acid groups (broad SMARTS) is 3. The van der Waals surface area contributed by atoms with Gasteiger partial charge in [-0.1, -0.05) is 194 Å². The Morgan fingerprint density at radius 2 is 0.494 bits per heavy atom. The number of unbranched alkanes of at least 4 members (excludes halogenated alkanes) is 28. The molecule has 4 amide bonds. The van der Waals surface area contributed by atoms with Crippen molar-refractivity contribution < 1.29 is 67.8 Å². The molecule has 0 saturated heterocycles. The summed E-state index contributed by atoms with van der Waals surface area (Å²) < 4.78 is 22.1. The molecule has 0 heterocycles. The van der Waals surface area contributed by atoms with Crippen molar-refractivity contribution >= 4 is 41.5 Å². The van der Waals surface area contributed by atoms with Crippen LogP contribution in [0.4, 0.5) is 0 Å². The topological polar surface area (TPSA) is 275 Å². The van der Waals surface area contributed by atoms with Gasteiger partial charge in [-0.3, -0.25) is 48.3 Å². The van der Waals surface area contributed by atoms with Crippen LogP contribution in [0.3, 0.4) is 0 Å². The minimum Gasteiger partial charge on any atom is -0.480 e. The smallest absolute Gasteiger partial charge is 0.317 e. The summed E-state index contributed by atoms with van der Waals surface area (Å²) in [6.07, 6.45) is 39.5. The fourth-order valence-corrected chi connectivity index (χ4v) is 9.54. The molecule has 21 nitrogen and oxygen atoms in total. The van der Waals surface area contributed by atoms with Crippen LogP contribution < -0.4 is 21.3 Å². The molecule has 0 aromatic heterocycles. The largest absolute Gasteiger partial charge is 0.480 e. The zero-order valence-corrected chi connectivity index (χ0v) is 52.2. The second-order valence-electron chi connectivity index (χ2n) is 22.1. The first-order valence-corrected chi connectivity index (χ1v) is 32.6. The highest BCUT2D eigenvalue weighted by atomic mass is 16.5. The van der Waals surface area contributed by atoms with Crippen LogP contribution in [0.25, 0.3) is 0 Å². The summed E-state index contributed by atoms with van der Waals surface area (Å²) in [4.78, 5) is 89.1. The molecule has 0 bridgehead atoms. The van der Waals surface area contributed by atoms with Crippen molar-refractivity contribution in [3.63, 3.8) is 0 Å². The molecule has 486 valence electrons. The van der Waals surface area contributed by atoms with Crippen molar-refractivity contribution in [2.24, 2.45) is 0 Å². The molecule has 0 aliphatic heterocycles. The Morgan fingerprint density at radius 3 is 0.747 bits per heavy atom. The first-order valence-electron chi connectivity index (χ1n) is 32.6. The van der Waals surface area contributed by atoms with Gasteiger partial charge < -0.3 is 55.5 Å². The summed E-state index contributed by atoms with van der Waals surface area (Å²) in [6.45, 7) is 6.08. The summed E-state index contributed by atoms with van der Waals surface area (Å²) >= 11 is 0.